The lowest BCUT2D eigenvalue weighted by Crippen LogP contribution is -2.24. The minimum atomic E-state index is 0.173. The van der Waals surface area contributed by atoms with E-state index in [4.69, 9.17) is 11.5 Å². The van der Waals surface area contributed by atoms with E-state index in [2.05, 4.69) is 21.5 Å². The summed E-state index contributed by atoms with van der Waals surface area (Å²) in [5.74, 6) is 0.901. The first-order chi connectivity index (χ1) is 9.28. The van der Waals surface area contributed by atoms with E-state index in [1.54, 1.807) is 0 Å². The van der Waals surface area contributed by atoms with E-state index in [0.717, 1.165) is 36.5 Å². The van der Waals surface area contributed by atoms with Crippen LogP contribution in [0.1, 0.15) is 29.2 Å². The van der Waals surface area contributed by atoms with Gasteiger partial charge in [0.15, 0.2) is 0 Å². The van der Waals surface area contributed by atoms with Crippen LogP contribution < -0.4 is 11.5 Å². The molecular weight excluding hydrogens is 256 g/mol. The summed E-state index contributed by atoms with van der Waals surface area (Å²) in [6.45, 7) is 0.649. The maximum absolute atomic E-state index is 5.94. The number of aromatic nitrogens is 2. The molecule has 1 heterocycles. The van der Waals surface area contributed by atoms with E-state index in [1.807, 2.05) is 18.2 Å². The van der Waals surface area contributed by atoms with Crippen LogP contribution in [0.4, 0.5) is 0 Å². The lowest BCUT2D eigenvalue weighted by Gasteiger charge is -2.07. The second-order valence-electron chi connectivity index (χ2n) is 4.64. The normalized spacial score (nSPS) is 12.5. The molecular formula is C14H20N4S. The Morgan fingerprint density at radius 1 is 1.16 bits per heavy atom. The molecule has 1 aromatic heterocycles. The number of nitrogens with two attached hydrogens (primary N) is 2. The van der Waals surface area contributed by atoms with Gasteiger partial charge >= 0.3 is 0 Å². The summed E-state index contributed by atoms with van der Waals surface area (Å²) in [4.78, 5) is 4.56. The summed E-state index contributed by atoms with van der Waals surface area (Å²) >= 11 is 1.48. The molecule has 1 aromatic carbocycles. The zero-order valence-electron chi connectivity index (χ0n) is 11.0. The number of aryl methyl sites for hydroxylation is 1. The summed E-state index contributed by atoms with van der Waals surface area (Å²) in [6, 6.07) is 10.5. The van der Waals surface area contributed by atoms with Gasteiger partial charge in [-0.3, -0.25) is 0 Å². The number of rotatable bonds is 7. The highest BCUT2D eigenvalue weighted by atomic mass is 32.1. The molecule has 0 bridgehead atoms. The minimum Gasteiger partial charge on any atom is -0.330 e. The van der Waals surface area contributed by atoms with Crippen LogP contribution in [0.25, 0.3) is 0 Å². The molecule has 2 rings (SSSR count). The first-order valence-electron chi connectivity index (χ1n) is 6.59. The van der Waals surface area contributed by atoms with Gasteiger partial charge in [0, 0.05) is 18.9 Å². The van der Waals surface area contributed by atoms with Crippen molar-refractivity contribution < 1.29 is 0 Å². The fourth-order valence-corrected chi connectivity index (χ4v) is 2.58. The third-order valence-electron chi connectivity index (χ3n) is 2.98. The average Bonchev–Trinajstić information content (AvgIpc) is 2.86. The van der Waals surface area contributed by atoms with Crippen molar-refractivity contribution in [1.82, 2.24) is 9.36 Å². The van der Waals surface area contributed by atoms with E-state index in [9.17, 15) is 0 Å². The average molecular weight is 276 g/mol. The molecule has 1 atom stereocenters. The van der Waals surface area contributed by atoms with Gasteiger partial charge in [-0.2, -0.15) is 4.37 Å². The maximum atomic E-state index is 5.94. The van der Waals surface area contributed by atoms with Gasteiger partial charge in [0.25, 0.3) is 0 Å². The number of benzene rings is 1. The van der Waals surface area contributed by atoms with Crippen LogP contribution in [-0.2, 0) is 12.8 Å². The van der Waals surface area contributed by atoms with Crippen molar-refractivity contribution in [1.29, 1.82) is 0 Å². The highest BCUT2D eigenvalue weighted by Crippen LogP contribution is 2.12. The number of nitrogens with zero attached hydrogens (tertiary/aromatic N) is 2. The van der Waals surface area contributed by atoms with Gasteiger partial charge in [-0.25, -0.2) is 4.98 Å². The Morgan fingerprint density at radius 3 is 2.68 bits per heavy atom. The molecule has 4 N–H and O–H groups in total. The van der Waals surface area contributed by atoms with Gasteiger partial charge in [0.05, 0.1) is 0 Å². The third kappa shape index (κ3) is 4.70. The van der Waals surface area contributed by atoms with Crippen LogP contribution in [-0.4, -0.2) is 21.9 Å². The summed E-state index contributed by atoms with van der Waals surface area (Å²) in [7, 11) is 0. The van der Waals surface area contributed by atoms with E-state index in [-0.39, 0.29) is 6.04 Å². The Morgan fingerprint density at radius 2 is 1.95 bits per heavy atom. The van der Waals surface area contributed by atoms with Crippen LogP contribution >= 0.6 is 11.5 Å². The fraction of sp³-hybridized carbons (Fsp3) is 0.429. The van der Waals surface area contributed by atoms with Crippen molar-refractivity contribution in [3.05, 3.63) is 46.7 Å². The monoisotopic (exact) mass is 276 g/mol. The number of hydrogen-bond acceptors (Lipinski definition) is 5. The molecule has 0 aliphatic heterocycles. The zero-order valence-corrected chi connectivity index (χ0v) is 11.8. The van der Waals surface area contributed by atoms with Crippen LogP contribution in [0.2, 0.25) is 0 Å². The molecule has 4 nitrogen and oxygen atoms in total. The SMILES string of the molecule is NCCC(N)CCc1nc(Cc2ccccc2)ns1. The predicted octanol–water partition coefficient (Wildman–Crippen LogP) is 1.74. The summed E-state index contributed by atoms with van der Waals surface area (Å²) < 4.78 is 4.40. The maximum Gasteiger partial charge on any atom is 0.146 e. The summed E-state index contributed by atoms with van der Waals surface area (Å²) in [5, 5.41) is 1.07. The first kappa shape index (κ1) is 14.1. The molecule has 0 aliphatic carbocycles. The minimum absolute atomic E-state index is 0.173. The van der Waals surface area contributed by atoms with Crippen molar-refractivity contribution in [2.75, 3.05) is 6.54 Å². The second-order valence-corrected chi connectivity index (χ2v) is 5.48. The predicted molar refractivity (Wildman–Crippen MR) is 79.1 cm³/mol. The molecule has 0 aliphatic rings. The standard InChI is InChI=1S/C14H20N4S/c15-9-8-12(16)6-7-14-17-13(18-19-14)10-11-4-2-1-3-5-11/h1-5,12H,6-10,15-16H2. The molecule has 5 heteroatoms. The zero-order chi connectivity index (χ0) is 13.5. The molecule has 0 saturated carbocycles. The van der Waals surface area contributed by atoms with Crippen LogP contribution in [0.3, 0.4) is 0 Å². The highest BCUT2D eigenvalue weighted by Gasteiger charge is 2.07. The van der Waals surface area contributed by atoms with Crippen molar-refractivity contribution in [3.63, 3.8) is 0 Å². The van der Waals surface area contributed by atoms with Gasteiger partial charge < -0.3 is 11.5 Å². The van der Waals surface area contributed by atoms with Gasteiger partial charge in [0.1, 0.15) is 10.8 Å². The van der Waals surface area contributed by atoms with Crippen molar-refractivity contribution >= 4 is 11.5 Å². The Balaban J connectivity index is 1.85. The van der Waals surface area contributed by atoms with Crippen LogP contribution in [0.15, 0.2) is 30.3 Å². The van der Waals surface area contributed by atoms with Crippen molar-refractivity contribution in [2.24, 2.45) is 11.5 Å². The van der Waals surface area contributed by atoms with Crippen molar-refractivity contribution in [2.45, 2.75) is 31.7 Å². The molecule has 0 radical (unpaired) electrons. The highest BCUT2D eigenvalue weighted by molar-refractivity contribution is 7.05. The molecule has 0 spiro atoms. The Hall–Kier alpha value is -1.30. The molecule has 0 fully saturated rings. The summed E-state index contributed by atoms with van der Waals surface area (Å²) in [5.41, 5.74) is 12.7. The molecule has 0 amide bonds. The Labute approximate surface area is 118 Å². The fourth-order valence-electron chi connectivity index (χ4n) is 1.91. The summed E-state index contributed by atoms with van der Waals surface area (Å²) in [6.07, 6.45) is 3.49. The van der Waals surface area contributed by atoms with Crippen LogP contribution in [0, 0.1) is 0 Å². The molecule has 1 unspecified atom stereocenters. The van der Waals surface area contributed by atoms with E-state index in [1.165, 1.54) is 17.1 Å². The molecule has 102 valence electrons. The van der Waals surface area contributed by atoms with E-state index < -0.39 is 0 Å². The molecule has 19 heavy (non-hydrogen) atoms. The van der Waals surface area contributed by atoms with Gasteiger partial charge in [-0.1, -0.05) is 30.3 Å². The van der Waals surface area contributed by atoms with Gasteiger partial charge in [-0.15, -0.1) is 0 Å². The van der Waals surface area contributed by atoms with E-state index in [0.29, 0.717) is 6.54 Å². The topological polar surface area (TPSA) is 77.8 Å². The Bertz CT molecular complexity index is 483. The van der Waals surface area contributed by atoms with Gasteiger partial charge in [0.2, 0.25) is 0 Å². The lowest BCUT2D eigenvalue weighted by molar-refractivity contribution is 0.574. The lowest BCUT2D eigenvalue weighted by atomic mass is 10.1. The van der Waals surface area contributed by atoms with Crippen LogP contribution in [0.5, 0.6) is 0 Å². The Kier molecular flexibility index (Phi) is 5.44. The van der Waals surface area contributed by atoms with E-state index >= 15 is 0 Å². The third-order valence-corrected chi connectivity index (χ3v) is 3.79. The first-order valence-corrected chi connectivity index (χ1v) is 7.36. The number of hydrogen-bond donors (Lipinski definition) is 2. The largest absolute Gasteiger partial charge is 0.330 e. The smallest absolute Gasteiger partial charge is 0.146 e. The van der Waals surface area contributed by atoms with Gasteiger partial charge in [-0.05, 0) is 36.5 Å². The molecule has 0 saturated heterocycles. The van der Waals surface area contributed by atoms with Crippen molar-refractivity contribution in [3.8, 4) is 0 Å². The second kappa shape index (κ2) is 7.33. The molecule has 2 aromatic rings. The quantitative estimate of drug-likeness (QED) is 0.807.